The number of rotatable bonds is 5. The van der Waals surface area contributed by atoms with Crippen molar-refractivity contribution in [3.05, 3.63) is 53.3 Å². The van der Waals surface area contributed by atoms with Crippen LogP contribution in [0, 0.1) is 6.92 Å². The van der Waals surface area contributed by atoms with Gasteiger partial charge in [-0.05, 0) is 49.6 Å². The fourth-order valence-electron chi connectivity index (χ4n) is 3.53. The monoisotopic (exact) mass is 368 g/mol. The first-order chi connectivity index (χ1) is 13.2. The first-order valence-electron chi connectivity index (χ1n) is 9.42. The molecule has 6 nitrogen and oxygen atoms in total. The molecular formula is C21H24N2O4. The summed E-state index contributed by atoms with van der Waals surface area (Å²) in [6, 6.07) is 9.43. The van der Waals surface area contributed by atoms with Gasteiger partial charge in [0.25, 0.3) is 5.91 Å². The summed E-state index contributed by atoms with van der Waals surface area (Å²) in [5.41, 5.74) is 2.37. The van der Waals surface area contributed by atoms with E-state index in [1.165, 1.54) is 0 Å². The van der Waals surface area contributed by atoms with E-state index in [0.717, 1.165) is 30.7 Å². The van der Waals surface area contributed by atoms with Gasteiger partial charge < -0.3 is 19.1 Å². The van der Waals surface area contributed by atoms with E-state index in [0.29, 0.717) is 43.4 Å². The quantitative estimate of drug-likeness (QED) is 0.812. The van der Waals surface area contributed by atoms with Gasteiger partial charge in [0.05, 0.1) is 18.3 Å². The number of aromatic nitrogens is 1. The molecule has 0 N–H and O–H groups in total. The molecule has 1 aromatic heterocycles. The minimum atomic E-state index is -0.0365. The lowest BCUT2D eigenvalue weighted by Gasteiger charge is -2.27. The highest BCUT2D eigenvalue weighted by molar-refractivity contribution is 5.96. The van der Waals surface area contributed by atoms with Crippen LogP contribution in [-0.4, -0.2) is 48.3 Å². The van der Waals surface area contributed by atoms with E-state index in [1.807, 2.05) is 36.1 Å². The van der Waals surface area contributed by atoms with Crippen molar-refractivity contribution in [1.82, 2.24) is 9.88 Å². The number of pyridine rings is 1. The van der Waals surface area contributed by atoms with Crippen molar-refractivity contribution in [2.75, 3.05) is 26.4 Å². The number of nitrogens with zero attached hydrogens (tertiary/aromatic N) is 2. The predicted molar refractivity (Wildman–Crippen MR) is 100 cm³/mol. The first kappa shape index (κ1) is 17.8. The van der Waals surface area contributed by atoms with Crippen LogP contribution in [0.3, 0.4) is 0 Å². The molecule has 2 aliphatic rings. The molecule has 0 aliphatic carbocycles. The summed E-state index contributed by atoms with van der Waals surface area (Å²) in [6.45, 7) is 4.73. The highest BCUT2D eigenvalue weighted by Crippen LogP contribution is 2.33. The van der Waals surface area contributed by atoms with Crippen LogP contribution >= 0.6 is 0 Å². The normalized spacial score (nSPS) is 18.3. The van der Waals surface area contributed by atoms with Gasteiger partial charge in [-0.2, -0.15) is 0 Å². The summed E-state index contributed by atoms with van der Waals surface area (Å²) >= 11 is 0. The number of aryl methyl sites for hydroxylation is 1. The number of fused-ring (bicyclic) bond motifs is 1. The Kier molecular flexibility index (Phi) is 5.25. The number of amides is 1. The van der Waals surface area contributed by atoms with E-state index in [-0.39, 0.29) is 12.0 Å². The molecule has 142 valence electrons. The molecule has 1 fully saturated rings. The Bertz CT molecular complexity index is 803. The summed E-state index contributed by atoms with van der Waals surface area (Å²) in [7, 11) is 0. The molecule has 4 rings (SSSR count). The first-order valence-corrected chi connectivity index (χ1v) is 9.42. The third-order valence-electron chi connectivity index (χ3n) is 4.93. The second-order valence-corrected chi connectivity index (χ2v) is 6.95. The Balaban J connectivity index is 1.61. The molecule has 0 spiro atoms. The van der Waals surface area contributed by atoms with Crippen LogP contribution in [0.2, 0.25) is 0 Å². The summed E-state index contributed by atoms with van der Waals surface area (Å²) < 4.78 is 17.1. The van der Waals surface area contributed by atoms with Gasteiger partial charge in [-0.25, -0.2) is 0 Å². The number of carbonyl (C=O) groups is 1. The van der Waals surface area contributed by atoms with Crippen molar-refractivity contribution in [3.63, 3.8) is 0 Å². The van der Waals surface area contributed by atoms with Gasteiger partial charge in [-0.15, -0.1) is 0 Å². The molecule has 1 aromatic carbocycles. The third-order valence-corrected chi connectivity index (χ3v) is 4.93. The van der Waals surface area contributed by atoms with Gasteiger partial charge in [0.1, 0.15) is 13.2 Å². The maximum absolute atomic E-state index is 13.4. The van der Waals surface area contributed by atoms with Crippen LogP contribution in [0.25, 0.3) is 0 Å². The number of hydrogen-bond donors (Lipinski definition) is 0. The Morgan fingerprint density at radius 1 is 1.19 bits per heavy atom. The number of benzene rings is 1. The third kappa shape index (κ3) is 4.06. The van der Waals surface area contributed by atoms with Crippen LogP contribution in [0.15, 0.2) is 36.5 Å². The van der Waals surface area contributed by atoms with Gasteiger partial charge in [-0.1, -0.05) is 6.07 Å². The predicted octanol–water partition coefficient (Wildman–Crippen LogP) is 2.98. The van der Waals surface area contributed by atoms with E-state index in [4.69, 9.17) is 14.2 Å². The Morgan fingerprint density at radius 3 is 2.70 bits per heavy atom. The van der Waals surface area contributed by atoms with Gasteiger partial charge in [0.2, 0.25) is 0 Å². The maximum atomic E-state index is 13.4. The number of hydrogen-bond acceptors (Lipinski definition) is 5. The standard InChI is InChI=1S/C21H24N2O4/c1-15-11-19-20(27-10-9-26-19)12-18(15)21(24)23(14-17-6-4-8-25-17)13-16-5-2-3-7-22-16/h2-3,5,7,11-12,17H,4,6,8-10,13-14H2,1H3. The molecule has 1 atom stereocenters. The topological polar surface area (TPSA) is 60.9 Å². The van der Waals surface area contributed by atoms with Crippen molar-refractivity contribution in [1.29, 1.82) is 0 Å². The number of carbonyl (C=O) groups excluding carboxylic acids is 1. The van der Waals surface area contributed by atoms with Crippen molar-refractivity contribution in [3.8, 4) is 11.5 Å². The van der Waals surface area contributed by atoms with Gasteiger partial charge in [0.15, 0.2) is 11.5 Å². The summed E-state index contributed by atoms with van der Waals surface area (Å²) in [5.74, 6) is 1.29. The zero-order valence-corrected chi connectivity index (χ0v) is 15.5. The van der Waals surface area contributed by atoms with Crippen LogP contribution < -0.4 is 9.47 Å². The summed E-state index contributed by atoms with van der Waals surface area (Å²) in [6.07, 6.45) is 3.85. The Hall–Kier alpha value is -2.60. The molecule has 1 saturated heterocycles. The molecule has 3 heterocycles. The fraction of sp³-hybridized carbons (Fsp3) is 0.429. The minimum absolute atomic E-state index is 0.0365. The smallest absolute Gasteiger partial charge is 0.254 e. The van der Waals surface area contributed by atoms with Crippen molar-refractivity contribution in [2.24, 2.45) is 0 Å². The van der Waals surface area contributed by atoms with Gasteiger partial charge in [0, 0.05) is 24.9 Å². The van der Waals surface area contributed by atoms with Crippen molar-refractivity contribution in [2.45, 2.75) is 32.4 Å². The highest BCUT2D eigenvalue weighted by atomic mass is 16.6. The van der Waals surface area contributed by atoms with Crippen LogP contribution in [0.1, 0.15) is 34.5 Å². The molecule has 1 amide bonds. The maximum Gasteiger partial charge on any atom is 0.254 e. The highest BCUT2D eigenvalue weighted by Gasteiger charge is 2.26. The average molecular weight is 368 g/mol. The SMILES string of the molecule is Cc1cc2c(cc1C(=O)N(Cc1ccccn1)CC1CCCO1)OCCO2. The van der Waals surface area contributed by atoms with Gasteiger partial charge >= 0.3 is 0 Å². The molecule has 6 heteroatoms. The van der Waals surface area contributed by atoms with Gasteiger partial charge in [-0.3, -0.25) is 9.78 Å². The second-order valence-electron chi connectivity index (χ2n) is 6.95. The Morgan fingerprint density at radius 2 is 2.00 bits per heavy atom. The van der Waals surface area contributed by atoms with E-state index in [2.05, 4.69) is 4.98 Å². The minimum Gasteiger partial charge on any atom is -0.486 e. The molecule has 0 radical (unpaired) electrons. The van der Waals surface area contributed by atoms with Crippen LogP contribution in [0.4, 0.5) is 0 Å². The lowest BCUT2D eigenvalue weighted by molar-refractivity contribution is 0.0503. The summed E-state index contributed by atoms with van der Waals surface area (Å²) in [5, 5.41) is 0. The zero-order chi connectivity index (χ0) is 18.6. The van der Waals surface area contributed by atoms with E-state index in [1.54, 1.807) is 12.3 Å². The van der Waals surface area contributed by atoms with Crippen molar-refractivity contribution >= 4 is 5.91 Å². The van der Waals surface area contributed by atoms with E-state index in [9.17, 15) is 4.79 Å². The molecule has 2 aliphatic heterocycles. The van der Waals surface area contributed by atoms with E-state index >= 15 is 0 Å². The average Bonchev–Trinajstić information content (AvgIpc) is 3.20. The molecular weight excluding hydrogens is 344 g/mol. The largest absolute Gasteiger partial charge is 0.486 e. The zero-order valence-electron chi connectivity index (χ0n) is 15.5. The molecule has 1 unspecified atom stereocenters. The van der Waals surface area contributed by atoms with Crippen LogP contribution in [-0.2, 0) is 11.3 Å². The Labute approximate surface area is 159 Å². The molecule has 0 bridgehead atoms. The second kappa shape index (κ2) is 7.96. The molecule has 2 aromatic rings. The van der Waals surface area contributed by atoms with Crippen molar-refractivity contribution < 1.29 is 19.0 Å². The molecule has 27 heavy (non-hydrogen) atoms. The van der Waals surface area contributed by atoms with Crippen LogP contribution in [0.5, 0.6) is 11.5 Å². The lowest BCUT2D eigenvalue weighted by atomic mass is 10.1. The lowest BCUT2D eigenvalue weighted by Crippen LogP contribution is -2.37. The molecule has 0 saturated carbocycles. The number of ether oxygens (including phenoxy) is 3. The van der Waals surface area contributed by atoms with E-state index < -0.39 is 0 Å². The summed E-state index contributed by atoms with van der Waals surface area (Å²) in [4.78, 5) is 19.6. The fourth-order valence-corrected chi connectivity index (χ4v) is 3.53.